The van der Waals surface area contributed by atoms with Crippen molar-refractivity contribution in [3.8, 4) is 11.1 Å². The summed E-state index contributed by atoms with van der Waals surface area (Å²) in [5, 5.41) is 0. The van der Waals surface area contributed by atoms with Gasteiger partial charge in [0, 0.05) is 11.1 Å². The summed E-state index contributed by atoms with van der Waals surface area (Å²) in [4.78, 5) is 9.85. The molecule has 4 nitrogen and oxygen atoms in total. The van der Waals surface area contributed by atoms with Crippen molar-refractivity contribution < 1.29 is 9.47 Å². The molecular weight excluding hydrogens is 420 g/mol. The molecule has 34 heavy (non-hydrogen) atoms. The molecule has 4 heteroatoms. The first-order valence-electron chi connectivity index (χ1n) is 11.6. The lowest BCUT2D eigenvalue weighted by molar-refractivity contribution is 0.319. The minimum Gasteiger partial charge on any atom is -0.475 e. The van der Waals surface area contributed by atoms with E-state index in [-0.39, 0.29) is 12.1 Å². The molecule has 4 aromatic carbocycles. The molecule has 2 aliphatic heterocycles. The molecule has 2 atom stereocenters. The van der Waals surface area contributed by atoms with Gasteiger partial charge in [0.2, 0.25) is 11.8 Å². The Morgan fingerprint density at radius 2 is 0.794 bits per heavy atom. The molecule has 2 unspecified atom stereocenters. The van der Waals surface area contributed by atoms with E-state index in [1.54, 1.807) is 0 Å². The van der Waals surface area contributed by atoms with Crippen LogP contribution in [0.4, 0.5) is 0 Å². The van der Waals surface area contributed by atoms with Gasteiger partial charge in [-0.25, -0.2) is 9.98 Å². The van der Waals surface area contributed by atoms with E-state index < -0.39 is 0 Å². The highest BCUT2D eigenvalue weighted by atomic mass is 16.5. The molecule has 0 saturated heterocycles. The standard InChI is InChI=1S/C30H24N2O2/c1-3-11-21(12-4-1)27-19-33-29(31-27)25-17-9-7-15-23(25)24-16-8-10-18-26(24)30-32-28(20-34-30)22-13-5-2-6-14-22/h1-18,27-28H,19-20H2. The lowest BCUT2D eigenvalue weighted by Gasteiger charge is -2.13. The average molecular weight is 445 g/mol. The van der Waals surface area contributed by atoms with Gasteiger partial charge in [0.1, 0.15) is 25.3 Å². The first-order chi connectivity index (χ1) is 16.9. The Morgan fingerprint density at radius 3 is 1.21 bits per heavy atom. The number of benzene rings is 4. The third-order valence-electron chi connectivity index (χ3n) is 6.28. The maximum Gasteiger partial charge on any atom is 0.217 e. The van der Waals surface area contributed by atoms with Crippen molar-refractivity contribution in [3.63, 3.8) is 0 Å². The number of hydrogen-bond acceptors (Lipinski definition) is 4. The van der Waals surface area contributed by atoms with Crippen LogP contribution in [0.2, 0.25) is 0 Å². The predicted octanol–water partition coefficient (Wildman–Crippen LogP) is 6.39. The predicted molar refractivity (Wildman–Crippen MR) is 135 cm³/mol. The van der Waals surface area contributed by atoms with Crippen LogP contribution in [0, 0.1) is 0 Å². The fraction of sp³-hybridized carbons (Fsp3) is 0.133. The average Bonchev–Trinajstić information content (AvgIpc) is 3.61. The normalized spacial score (nSPS) is 19.2. The van der Waals surface area contributed by atoms with Gasteiger partial charge in [-0.15, -0.1) is 0 Å². The molecule has 2 heterocycles. The van der Waals surface area contributed by atoms with E-state index in [0.717, 1.165) is 33.4 Å². The fourth-order valence-electron chi connectivity index (χ4n) is 4.54. The van der Waals surface area contributed by atoms with Gasteiger partial charge in [-0.3, -0.25) is 0 Å². The first kappa shape index (κ1) is 20.4. The van der Waals surface area contributed by atoms with Crippen LogP contribution in [0.15, 0.2) is 119 Å². The molecule has 0 aromatic heterocycles. The monoisotopic (exact) mass is 444 g/mol. The SMILES string of the molecule is c1ccc(C2COC(c3ccccc3-c3ccccc3C3=NC(c4ccccc4)CO3)=N2)cc1. The molecule has 0 aliphatic carbocycles. The maximum atomic E-state index is 6.10. The topological polar surface area (TPSA) is 43.2 Å². The van der Waals surface area contributed by atoms with Crippen LogP contribution in [0.5, 0.6) is 0 Å². The molecule has 0 bridgehead atoms. The van der Waals surface area contributed by atoms with Crippen molar-refractivity contribution in [3.05, 3.63) is 131 Å². The molecule has 166 valence electrons. The summed E-state index contributed by atoms with van der Waals surface area (Å²) in [6, 6.07) is 37.1. The Kier molecular flexibility index (Phi) is 5.40. The quantitative estimate of drug-likeness (QED) is 0.358. The van der Waals surface area contributed by atoms with E-state index in [4.69, 9.17) is 19.5 Å². The molecule has 6 rings (SSSR count). The largest absolute Gasteiger partial charge is 0.475 e. The van der Waals surface area contributed by atoms with Crippen LogP contribution < -0.4 is 0 Å². The highest BCUT2D eigenvalue weighted by Crippen LogP contribution is 2.34. The first-order valence-corrected chi connectivity index (χ1v) is 11.6. The minimum absolute atomic E-state index is 0.00803. The van der Waals surface area contributed by atoms with E-state index in [2.05, 4.69) is 48.5 Å². The second-order valence-corrected chi connectivity index (χ2v) is 8.43. The molecule has 0 fully saturated rings. The molecule has 0 radical (unpaired) electrons. The Bertz CT molecular complexity index is 1260. The van der Waals surface area contributed by atoms with Crippen molar-refractivity contribution in [2.24, 2.45) is 9.98 Å². The smallest absolute Gasteiger partial charge is 0.217 e. The van der Waals surface area contributed by atoms with Gasteiger partial charge in [0.05, 0.1) is 0 Å². The molecule has 4 aromatic rings. The van der Waals surface area contributed by atoms with Gasteiger partial charge < -0.3 is 9.47 Å². The highest BCUT2D eigenvalue weighted by molar-refractivity contribution is 6.07. The van der Waals surface area contributed by atoms with Crippen LogP contribution in [0.3, 0.4) is 0 Å². The summed E-state index contributed by atoms with van der Waals surface area (Å²) in [6.07, 6.45) is 0. The molecule has 0 amide bonds. The van der Waals surface area contributed by atoms with Crippen LogP contribution in [-0.4, -0.2) is 25.0 Å². The van der Waals surface area contributed by atoms with Crippen molar-refractivity contribution >= 4 is 11.8 Å². The van der Waals surface area contributed by atoms with E-state index in [1.165, 1.54) is 0 Å². The Morgan fingerprint density at radius 1 is 0.441 bits per heavy atom. The van der Waals surface area contributed by atoms with Gasteiger partial charge in [-0.05, 0) is 34.4 Å². The van der Waals surface area contributed by atoms with E-state index >= 15 is 0 Å². The van der Waals surface area contributed by atoms with Gasteiger partial charge in [-0.1, -0.05) is 97.1 Å². The molecule has 0 spiro atoms. The molecular formula is C30H24N2O2. The fourth-order valence-corrected chi connectivity index (χ4v) is 4.54. The molecule has 0 N–H and O–H groups in total. The van der Waals surface area contributed by atoms with E-state index in [0.29, 0.717) is 25.0 Å². The van der Waals surface area contributed by atoms with Crippen LogP contribution >= 0.6 is 0 Å². The van der Waals surface area contributed by atoms with Gasteiger partial charge in [0.25, 0.3) is 0 Å². The number of nitrogens with zero attached hydrogens (tertiary/aromatic N) is 2. The van der Waals surface area contributed by atoms with Gasteiger partial charge >= 0.3 is 0 Å². The number of aliphatic imine (C=N–C) groups is 2. The second kappa shape index (κ2) is 8.99. The zero-order chi connectivity index (χ0) is 22.7. The Hall–Kier alpha value is -4.18. The van der Waals surface area contributed by atoms with Crippen molar-refractivity contribution in [1.82, 2.24) is 0 Å². The number of ether oxygens (including phenoxy) is 2. The van der Waals surface area contributed by atoms with E-state index in [9.17, 15) is 0 Å². The maximum absolute atomic E-state index is 6.10. The van der Waals surface area contributed by atoms with Crippen molar-refractivity contribution in [2.45, 2.75) is 12.1 Å². The highest BCUT2D eigenvalue weighted by Gasteiger charge is 2.27. The van der Waals surface area contributed by atoms with Crippen LogP contribution in [0.1, 0.15) is 34.3 Å². The number of rotatable bonds is 5. The zero-order valence-electron chi connectivity index (χ0n) is 18.7. The third kappa shape index (κ3) is 3.88. The summed E-state index contributed by atoms with van der Waals surface area (Å²) < 4.78 is 12.2. The van der Waals surface area contributed by atoms with Crippen molar-refractivity contribution in [1.29, 1.82) is 0 Å². The van der Waals surface area contributed by atoms with Crippen molar-refractivity contribution in [2.75, 3.05) is 13.2 Å². The summed E-state index contributed by atoms with van der Waals surface area (Å²) in [5.74, 6) is 1.35. The lowest BCUT2D eigenvalue weighted by Crippen LogP contribution is -2.07. The Labute approximate surface area is 199 Å². The van der Waals surface area contributed by atoms with E-state index in [1.807, 2.05) is 60.7 Å². The van der Waals surface area contributed by atoms with Gasteiger partial charge in [0.15, 0.2) is 0 Å². The van der Waals surface area contributed by atoms with Crippen LogP contribution in [0.25, 0.3) is 11.1 Å². The van der Waals surface area contributed by atoms with Crippen LogP contribution in [-0.2, 0) is 9.47 Å². The molecule has 0 saturated carbocycles. The summed E-state index contributed by atoms with van der Waals surface area (Å²) in [7, 11) is 0. The molecule has 2 aliphatic rings. The third-order valence-corrected chi connectivity index (χ3v) is 6.28. The second-order valence-electron chi connectivity index (χ2n) is 8.43. The summed E-state index contributed by atoms with van der Waals surface area (Å²) in [6.45, 7) is 1.09. The zero-order valence-corrected chi connectivity index (χ0v) is 18.7. The summed E-state index contributed by atoms with van der Waals surface area (Å²) in [5.41, 5.74) is 6.39. The Balaban J connectivity index is 1.37. The number of hydrogen-bond donors (Lipinski definition) is 0. The van der Waals surface area contributed by atoms with Gasteiger partial charge in [-0.2, -0.15) is 0 Å². The summed E-state index contributed by atoms with van der Waals surface area (Å²) >= 11 is 0. The minimum atomic E-state index is 0.00803. The lowest BCUT2D eigenvalue weighted by atomic mass is 9.95.